The summed E-state index contributed by atoms with van der Waals surface area (Å²) in [7, 11) is -1.24. The molecule has 0 fully saturated rings. The van der Waals surface area contributed by atoms with Crippen molar-refractivity contribution in [3.8, 4) is 0 Å². The van der Waals surface area contributed by atoms with Crippen LogP contribution in [-0.4, -0.2) is 57.8 Å². The minimum absolute atomic E-state index is 0.0755. The molecule has 0 aliphatic heterocycles. The topological polar surface area (TPSA) is 73.8 Å². The van der Waals surface area contributed by atoms with E-state index in [4.69, 9.17) is 0 Å². The molecule has 0 aliphatic carbocycles. The van der Waals surface area contributed by atoms with Crippen molar-refractivity contribution in [3.05, 3.63) is 35.4 Å². The Labute approximate surface area is 159 Å². The Bertz CT molecular complexity index is 659. The Balaban J connectivity index is 2.47. The first kappa shape index (κ1) is 22.4. The summed E-state index contributed by atoms with van der Waals surface area (Å²) in [6.45, 7) is 11.2. The first-order valence-corrected chi connectivity index (χ1v) is 11.1. The summed E-state index contributed by atoms with van der Waals surface area (Å²) in [6.07, 6.45) is 1.25. The Hall–Kier alpha value is -1.60. The number of aliphatic imine (C=N–C) groups is 1. The van der Waals surface area contributed by atoms with E-state index in [9.17, 15) is 8.42 Å². The van der Waals surface area contributed by atoms with Gasteiger partial charge in [0.2, 0.25) is 0 Å². The first-order valence-electron chi connectivity index (χ1n) is 9.08. The second-order valence-electron chi connectivity index (χ2n) is 7.16. The normalized spacial score (nSPS) is 12.9. The largest absolute Gasteiger partial charge is 0.355 e. The molecule has 0 aromatic heterocycles. The van der Waals surface area contributed by atoms with Gasteiger partial charge in [-0.3, -0.25) is 9.89 Å². The standard InChI is InChI=1S/C19H34N4O2S/c1-15(2)23(16(3)4)12-11-21-19(20-5)22-13-17-7-9-18(10-8-17)14-26(6,24)25/h7-10,15-16H,11-14H2,1-6H3,(H2,20,21,22). The van der Waals surface area contributed by atoms with Crippen LogP contribution < -0.4 is 10.6 Å². The highest BCUT2D eigenvalue weighted by atomic mass is 32.2. The number of nitrogens with one attached hydrogen (secondary N) is 2. The van der Waals surface area contributed by atoms with Gasteiger partial charge < -0.3 is 10.6 Å². The molecule has 148 valence electrons. The van der Waals surface area contributed by atoms with Gasteiger partial charge in [0.05, 0.1) is 5.75 Å². The van der Waals surface area contributed by atoms with Crippen LogP contribution in [0.2, 0.25) is 0 Å². The summed E-state index contributed by atoms with van der Waals surface area (Å²) < 4.78 is 22.7. The van der Waals surface area contributed by atoms with Crippen molar-refractivity contribution in [3.63, 3.8) is 0 Å². The Morgan fingerprint density at radius 2 is 1.58 bits per heavy atom. The maximum atomic E-state index is 11.3. The third-order valence-corrected chi connectivity index (χ3v) is 4.98. The lowest BCUT2D eigenvalue weighted by atomic mass is 10.1. The van der Waals surface area contributed by atoms with Gasteiger partial charge in [0.25, 0.3) is 0 Å². The summed E-state index contributed by atoms with van der Waals surface area (Å²) in [5.41, 5.74) is 1.89. The number of guanidine groups is 1. The number of benzene rings is 1. The van der Waals surface area contributed by atoms with Gasteiger partial charge >= 0.3 is 0 Å². The number of hydrogen-bond donors (Lipinski definition) is 2. The van der Waals surface area contributed by atoms with Crippen molar-refractivity contribution in [2.24, 2.45) is 4.99 Å². The first-order chi connectivity index (χ1) is 12.1. The van der Waals surface area contributed by atoms with E-state index in [1.54, 1.807) is 7.05 Å². The lowest BCUT2D eigenvalue weighted by Gasteiger charge is -2.30. The van der Waals surface area contributed by atoms with Gasteiger partial charge in [-0.2, -0.15) is 0 Å². The second kappa shape index (κ2) is 10.5. The van der Waals surface area contributed by atoms with Gasteiger partial charge in [-0.05, 0) is 38.8 Å². The van der Waals surface area contributed by atoms with Crippen LogP contribution in [0.5, 0.6) is 0 Å². The van der Waals surface area contributed by atoms with E-state index >= 15 is 0 Å². The number of rotatable bonds is 9. The predicted octanol–water partition coefficient (Wildman–Crippen LogP) is 2.02. The highest BCUT2D eigenvalue weighted by molar-refractivity contribution is 7.89. The summed E-state index contributed by atoms with van der Waals surface area (Å²) in [5.74, 6) is 0.837. The molecule has 0 atom stereocenters. The second-order valence-corrected chi connectivity index (χ2v) is 9.30. The van der Waals surface area contributed by atoms with Gasteiger partial charge in [0.1, 0.15) is 0 Å². The molecule has 0 amide bonds. The van der Waals surface area contributed by atoms with Crippen LogP contribution in [0.4, 0.5) is 0 Å². The van der Waals surface area contributed by atoms with E-state index < -0.39 is 9.84 Å². The lowest BCUT2D eigenvalue weighted by Crippen LogP contribution is -2.45. The Morgan fingerprint density at radius 1 is 1.04 bits per heavy atom. The van der Waals surface area contributed by atoms with Crippen molar-refractivity contribution in [2.45, 2.75) is 52.1 Å². The van der Waals surface area contributed by atoms with Gasteiger partial charge in [0.15, 0.2) is 15.8 Å². The smallest absolute Gasteiger partial charge is 0.191 e. The third kappa shape index (κ3) is 8.67. The maximum Gasteiger partial charge on any atom is 0.191 e. The fraction of sp³-hybridized carbons (Fsp3) is 0.632. The monoisotopic (exact) mass is 382 g/mol. The molecular weight excluding hydrogens is 348 g/mol. The zero-order valence-electron chi connectivity index (χ0n) is 16.9. The number of nitrogens with zero attached hydrogens (tertiary/aromatic N) is 2. The third-order valence-electron chi connectivity index (χ3n) is 4.12. The fourth-order valence-electron chi connectivity index (χ4n) is 2.88. The molecule has 1 aromatic carbocycles. The molecular formula is C19H34N4O2S. The maximum absolute atomic E-state index is 11.3. The van der Waals surface area contributed by atoms with Crippen LogP contribution >= 0.6 is 0 Å². The Kier molecular flexibility index (Phi) is 9.08. The highest BCUT2D eigenvalue weighted by Gasteiger charge is 2.12. The summed E-state index contributed by atoms with van der Waals surface area (Å²) in [6, 6.07) is 8.63. The van der Waals surface area contributed by atoms with Gasteiger partial charge in [-0.25, -0.2) is 8.42 Å². The summed E-state index contributed by atoms with van der Waals surface area (Å²) in [4.78, 5) is 6.68. The molecule has 1 rings (SSSR count). The Morgan fingerprint density at radius 3 is 2.04 bits per heavy atom. The van der Waals surface area contributed by atoms with Gasteiger partial charge in [-0.1, -0.05) is 24.3 Å². The van der Waals surface area contributed by atoms with Crippen molar-refractivity contribution in [1.29, 1.82) is 0 Å². The van der Waals surface area contributed by atoms with Crippen molar-refractivity contribution >= 4 is 15.8 Å². The molecule has 7 heteroatoms. The molecule has 0 aliphatic rings. The van der Waals surface area contributed by atoms with Crippen LogP contribution in [0, 0.1) is 0 Å². The SMILES string of the molecule is CN=C(NCCN(C(C)C)C(C)C)NCc1ccc(CS(C)(=O)=O)cc1. The van der Waals surface area contributed by atoms with Crippen molar-refractivity contribution in [2.75, 3.05) is 26.4 Å². The average Bonchev–Trinajstić information content (AvgIpc) is 2.53. The lowest BCUT2D eigenvalue weighted by molar-refractivity contribution is 0.178. The van der Waals surface area contributed by atoms with E-state index in [0.717, 1.165) is 30.2 Å². The van der Waals surface area contributed by atoms with Crippen LogP contribution in [0.3, 0.4) is 0 Å². The molecule has 0 bridgehead atoms. The van der Waals surface area contributed by atoms with Crippen molar-refractivity contribution in [1.82, 2.24) is 15.5 Å². The molecule has 0 radical (unpaired) electrons. The van der Waals surface area contributed by atoms with E-state index in [2.05, 4.69) is 48.2 Å². The minimum atomic E-state index is -3.00. The van der Waals surface area contributed by atoms with E-state index in [1.165, 1.54) is 6.26 Å². The predicted molar refractivity (Wildman–Crippen MR) is 110 cm³/mol. The van der Waals surface area contributed by atoms with Gasteiger partial charge in [-0.15, -0.1) is 0 Å². The zero-order chi connectivity index (χ0) is 19.7. The highest BCUT2D eigenvalue weighted by Crippen LogP contribution is 2.08. The fourth-order valence-corrected chi connectivity index (χ4v) is 3.68. The molecule has 2 N–H and O–H groups in total. The van der Waals surface area contributed by atoms with Crippen LogP contribution in [0.25, 0.3) is 0 Å². The minimum Gasteiger partial charge on any atom is -0.355 e. The molecule has 0 heterocycles. The van der Waals surface area contributed by atoms with E-state index in [-0.39, 0.29) is 5.75 Å². The molecule has 0 unspecified atom stereocenters. The van der Waals surface area contributed by atoms with Crippen LogP contribution in [0.1, 0.15) is 38.8 Å². The molecule has 26 heavy (non-hydrogen) atoms. The van der Waals surface area contributed by atoms with Gasteiger partial charge in [0, 0.05) is 45.0 Å². The van der Waals surface area contributed by atoms with E-state index in [1.807, 2.05) is 24.3 Å². The number of sulfone groups is 1. The molecule has 1 aromatic rings. The summed E-state index contributed by atoms with van der Waals surface area (Å²) in [5, 5.41) is 6.63. The quantitative estimate of drug-likeness (QED) is 0.505. The zero-order valence-corrected chi connectivity index (χ0v) is 17.7. The average molecular weight is 383 g/mol. The van der Waals surface area contributed by atoms with Crippen LogP contribution in [0.15, 0.2) is 29.3 Å². The van der Waals surface area contributed by atoms with E-state index in [0.29, 0.717) is 18.6 Å². The number of hydrogen-bond acceptors (Lipinski definition) is 4. The molecule has 0 saturated carbocycles. The molecule has 0 saturated heterocycles. The van der Waals surface area contributed by atoms with Crippen LogP contribution in [-0.2, 0) is 22.1 Å². The summed E-state index contributed by atoms with van der Waals surface area (Å²) >= 11 is 0. The molecule has 0 spiro atoms. The molecule has 6 nitrogen and oxygen atoms in total. The van der Waals surface area contributed by atoms with Crippen molar-refractivity contribution < 1.29 is 8.42 Å².